The quantitative estimate of drug-likeness (QED) is 0.0965. The number of hydrogen-bond acceptors (Lipinski definition) is 9. The van der Waals surface area contributed by atoms with Crippen LogP contribution in [0.3, 0.4) is 0 Å². The van der Waals surface area contributed by atoms with Crippen LogP contribution in [0.5, 0.6) is 0 Å². The number of imidazole rings is 2. The maximum Gasteiger partial charge on any atom is 0.407 e. The van der Waals surface area contributed by atoms with Gasteiger partial charge in [-0.3, -0.25) is 14.4 Å². The minimum Gasteiger partial charge on any atom is -0.453 e. The van der Waals surface area contributed by atoms with E-state index in [4.69, 9.17) is 9.72 Å². The van der Waals surface area contributed by atoms with Crippen LogP contribution in [-0.2, 0) is 19.1 Å². The van der Waals surface area contributed by atoms with E-state index in [1.165, 1.54) is 25.4 Å². The Morgan fingerprint density at radius 1 is 0.754 bits per heavy atom. The van der Waals surface area contributed by atoms with Crippen molar-refractivity contribution in [3.05, 3.63) is 149 Å². The van der Waals surface area contributed by atoms with Crippen molar-refractivity contribution in [2.75, 3.05) is 45.2 Å². The second kappa shape index (κ2) is 20.1. The van der Waals surface area contributed by atoms with Crippen LogP contribution in [0.2, 0.25) is 0 Å². The molecule has 5 aromatic rings. The maximum atomic E-state index is 16.0. The number of amides is 4. The number of likely N-dealkylation sites (tertiary alicyclic amines) is 2. The van der Waals surface area contributed by atoms with Crippen molar-refractivity contribution in [1.29, 1.82) is 0 Å². The highest BCUT2D eigenvalue weighted by Crippen LogP contribution is 2.39. The molecule has 2 aromatic heterocycles. The number of halogens is 2. The van der Waals surface area contributed by atoms with Gasteiger partial charge in [0, 0.05) is 62.8 Å². The lowest BCUT2D eigenvalue weighted by atomic mass is 9.93. The normalized spacial score (nSPS) is 20.6. The molecule has 4 amide bonds. The summed E-state index contributed by atoms with van der Waals surface area (Å²) < 4.78 is 36.9. The molecule has 17 heteroatoms. The van der Waals surface area contributed by atoms with Gasteiger partial charge in [0.1, 0.15) is 46.8 Å². The molecule has 69 heavy (non-hydrogen) atoms. The standard InChI is InChI=1S/C52H58F2N10O5/c1-31-19-24-61(3)45(32(31)2)49(65)59-43(34-13-7-5-8-14-34)50(66)63-22-11-17-41(63)47-55-29-39(57-47)33-20-25-62(26-21-33)46-37(53)27-36(28-38(46)54)40-30-56-48(58-40)42-18-12-23-64(42)51(67)44(60-52(68)69-4)35-15-9-6-10-16-35/h5-10,13-16,19,24,27-31,33,41-44H,11-12,17-18,20-23,25-26H2,1-4H3,(H,55,57)(H,56,58)(H,59,65)(H,60,68). The Bertz CT molecular complexity index is 2730. The fourth-order valence-corrected chi connectivity index (χ4v) is 10.3. The van der Waals surface area contributed by atoms with Gasteiger partial charge in [-0.25, -0.2) is 23.5 Å². The molecule has 6 heterocycles. The summed E-state index contributed by atoms with van der Waals surface area (Å²) in [6, 6.07) is 18.2. The molecular weight excluding hydrogens is 883 g/mol. The molecule has 4 N–H and O–H groups in total. The highest BCUT2D eigenvalue weighted by molar-refractivity contribution is 5.98. The van der Waals surface area contributed by atoms with Gasteiger partial charge in [0.25, 0.3) is 11.8 Å². The summed E-state index contributed by atoms with van der Waals surface area (Å²) in [5, 5.41) is 5.73. The lowest BCUT2D eigenvalue weighted by Crippen LogP contribution is -2.45. The summed E-state index contributed by atoms with van der Waals surface area (Å²) >= 11 is 0. The van der Waals surface area contributed by atoms with Crippen LogP contribution >= 0.6 is 0 Å². The van der Waals surface area contributed by atoms with Gasteiger partial charge in [-0.2, -0.15) is 0 Å². The Balaban J connectivity index is 0.846. The zero-order valence-electron chi connectivity index (χ0n) is 39.3. The van der Waals surface area contributed by atoms with Gasteiger partial charge in [-0.1, -0.05) is 73.7 Å². The third-order valence-corrected chi connectivity index (χ3v) is 14.2. The van der Waals surface area contributed by atoms with E-state index in [1.54, 1.807) is 39.0 Å². The van der Waals surface area contributed by atoms with E-state index < -0.39 is 35.9 Å². The zero-order chi connectivity index (χ0) is 48.3. The first-order valence-corrected chi connectivity index (χ1v) is 23.7. The lowest BCUT2D eigenvalue weighted by molar-refractivity contribution is -0.137. The van der Waals surface area contributed by atoms with Crippen molar-refractivity contribution < 1.29 is 32.7 Å². The molecule has 0 saturated carbocycles. The number of nitrogens with one attached hydrogen (secondary N) is 4. The van der Waals surface area contributed by atoms with Gasteiger partial charge in [-0.15, -0.1) is 0 Å². The number of allylic oxidation sites excluding steroid dienone is 2. The molecular formula is C52H58F2N10O5. The minimum absolute atomic E-state index is 0.0555. The minimum atomic E-state index is -0.979. The Labute approximate surface area is 400 Å². The number of methoxy groups -OCH3 is 1. The number of aromatic amines is 2. The van der Waals surface area contributed by atoms with Gasteiger partial charge < -0.3 is 44.9 Å². The summed E-state index contributed by atoms with van der Waals surface area (Å²) in [5.74, 6) is -0.930. The highest BCUT2D eigenvalue weighted by Gasteiger charge is 2.40. The molecule has 0 bridgehead atoms. The lowest BCUT2D eigenvalue weighted by Gasteiger charge is -2.33. The topological polar surface area (TPSA) is 172 Å². The molecule has 5 unspecified atom stereocenters. The number of carbonyl (C=O) groups excluding carboxylic acids is 4. The molecule has 360 valence electrons. The summed E-state index contributed by atoms with van der Waals surface area (Å²) in [4.78, 5) is 77.7. The average molecular weight is 941 g/mol. The van der Waals surface area contributed by atoms with Crippen LogP contribution in [-0.4, -0.2) is 98.8 Å². The first kappa shape index (κ1) is 46.8. The summed E-state index contributed by atoms with van der Waals surface area (Å²) in [6.45, 7) is 5.75. The van der Waals surface area contributed by atoms with E-state index >= 15 is 8.78 Å². The van der Waals surface area contributed by atoms with Crippen LogP contribution in [0, 0.1) is 17.6 Å². The number of anilines is 1. The Morgan fingerprint density at radius 3 is 1.88 bits per heavy atom. The van der Waals surface area contributed by atoms with Crippen molar-refractivity contribution in [3.8, 4) is 11.3 Å². The van der Waals surface area contributed by atoms with Gasteiger partial charge in [0.2, 0.25) is 5.91 Å². The first-order valence-electron chi connectivity index (χ1n) is 23.7. The molecule has 3 aromatic carbocycles. The zero-order valence-corrected chi connectivity index (χ0v) is 39.3. The Hall–Kier alpha value is -7.30. The van der Waals surface area contributed by atoms with Crippen LogP contribution in [0.4, 0.5) is 19.3 Å². The summed E-state index contributed by atoms with van der Waals surface area (Å²) in [6.07, 6.45) is 10.6. The van der Waals surface area contributed by atoms with Crippen LogP contribution < -0.4 is 15.5 Å². The molecule has 4 aliphatic heterocycles. The molecule has 15 nitrogen and oxygen atoms in total. The Kier molecular flexibility index (Phi) is 13.6. The third kappa shape index (κ3) is 9.59. The van der Waals surface area contributed by atoms with E-state index in [0.717, 1.165) is 17.7 Å². The number of likely N-dealkylation sites (N-methyl/N-ethyl adjacent to an activating group) is 1. The van der Waals surface area contributed by atoms with E-state index in [2.05, 4.69) is 25.6 Å². The van der Waals surface area contributed by atoms with E-state index in [-0.39, 0.29) is 46.9 Å². The van der Waals surface area contributed by atoms with Gasteiger partial charge >= 0.3 is 6.09 Å². The number of ether oxygens (including phenoxy) is 1. The van der Waals surface area contributed by atoms with Gasteiger partial charge in [0.15, 0.2) is 0 Å². The second-order valence-corrected chi connectivity index (χ2v) is 18.4. The molecule has 4 aliphatic rings. The number of rotatable bonds is 12. The van der Waals surface area contributed by atoms with E-state index in [1.807, 2.05) is 80.7 Å². The van der Waals surface area contributed by atoms with E-state index in [0.29, 0.717) is 92.4 Å². The largest absolute Gasteiger partial charge is 0.453 e. The number of piperidine rings is 1. The molecule has 0 spiro atoms. The predicted octanol–water partition coefficient (Wildman–Crippen LogP) is 8.11. The average Bonchev–Trinajstić information content (AvgIpc) is 4.22. The monoisotopic (exact) mass is 940 g/mol. The fraction of sp³-hybridized carbons (Fsp3) is 0.385. The fourth-order valence-electron chi connectivity index (χ4n) is 10.3. The maximum absolute atomic E-state index is 16.0. The molecule has 9 rings (SSSR count). The van der Waals surface area contributed by atoms with Gasteiger partial charge in [0.05, 0.1) is 31.1 Å². The number of alkyl carbamates (subject to hydrolysis) is 1. The molecule has 0 aliphatic carbocycles. The predicted molar refractivity (Wildman–Crippen MR) is 255 cm³/mol. The summed E-state index contributed by atoms with van der Waals surface area (Å²) in [5.41, 5.74) is 4.26. The number of benzene rings is 3. The van der Waals surface area contributed by atoms with Crippen molar-refractivity contribution in [3.63, 3.8) is 0 Å². The van der Waals surface area contributed by atoms with Crippen LogP contribution in [0.25, 0.3) is 11.3 Å². The molecule has 3 saturated heterocycles. The second-order valence-electron chi connectivity index (χ2n) is 18.4. The van der Waals surface area contributed by atoms with Crippen LogP contribution in [0.15, 0.2) is 109 Å². The number of aromatic nitrogens is 4. The Morgan fingerprint density at radius 2 is 1.30 bits per heavy atom. The number of carbonyl (C=O) groups is 4. The smallest absolute Gasteiger partial charge is 0.407 e. The van der Waals surface area contributed by atoms with Crippen molar-refractivity contribution in [1.82, 2.24) is 45.3 Å². The van der Waals surface area contributed by atoms with E-state index in [9.17, 15) is 19.2 Å². The molecule has 3 fully saturated rings. The third-order valence-electron chi connectivity index (χ3n) is 14.2. The van der Waals surface area contributed by atoms with Crippen molar-refractivity contribution in [2.45, 2.75) is 82.5 Å². The van der Waals surface area contributed by atoms with Gasteiger partial charge in [-0.05, 0) is 80.2 Å². The number of hydrogen-bond donors (Lipinski definition) is 4. The van der Waals surface area contributed by atoms with Crippen LogP contribution in [0.1, 0.15) is 111 Å². The molecule has 0 radical (unpaired) electrons. The number of nitrogens with zero attached hydrogens (tertiary/aromatic N) is 6. The first-order chi connectivity index (χ1) is 33.4. The van der Waals surface area contributed by atoms with Crippen molar-refractivity contribution >= 4 is 29.5 Å². The SMILES string of the molecule is COC(=O)NC(C(=O)N1CCCC1c1ncc(-c2cc(F)c(N3CCC(c4cnc(C5CCCN5C(=O)C(NC(=O)C5=C(C)C(C)C=CN5C)c5ccccc5)[nH]4)CC3)c(F)c2)[nH]1)c1ccccc1. The number of H-pyrrole nitrogens is 2. The molecule has 5 atom stereocenters. The summed E-state index contributed by atoms with van der Waals surface area (Å²) in [7, 11) is 3.07. The highest BCUT2D eigenvalue weighted by atomic mass is 19.1. The van der Waals surface area contributed by atoms with Crippen molar-refractivity contribution in [2.24, 2.45) is 5.92 Å².